The number of anilines is 3. The van der Waals surface area contributed by atoms with Crippen LogP contribution in [0.2, 0.25) is 0 Å². The highest BCUT2D eigenvalue weighted by Gasteiger charge is 2.31. The Morgan fingerprint density at radius 3 is 2.41 bits per heavy atom. The summed E-state index contributed by atoms with van der Waals surface area (Å²) >= 11 is 0. The fourth-order valence-corrected chi connectivity index (χ4v) is 3.90. The smallest absolute Gasteiger partial charge is 0.416 e. The quantitative estimate of drug-likeness (QED) is 0.205. The molecule has 0 saturated carbocycles. The molecular formula is C29H33F3N4O3. The van der Waals surface area contributed by atoms with E-state index in [0.717, 1.165) is 17.8 Å². The Hall–Kier alpha value is -3.92. The van der Waals surface area contributed by atoms with Crippen molar-refractivity contribution in [3.63, 3.8) is 0 Å². The Labute approximate surface area is 226 Å². The lowest BCUT2D eigenvalue weighted by atomic mass is 9.91. The molecule has 10 heteroatoms. The molecule has 2 aromatic carbocycles. The SMILES string of the molecule is CCOC(=O)c1cc(-c2ccc(N(C)CCOC)cc2)c(C(=N)C(C)C)c(Nc2cccc(C(F)(F)F)c2)n1. The number of carbonyl (C=O) groups is 1. The molecule has 0 amide bonds. The molecule has 0 aliphatic heterocycles. The van der Waals surface area contributed by atoms with E-state index in [4.69, 9.17) is 14.9 Å². The molecule has 3 aromatic rings. The summed E-state index contributed by atoms with van der Waals surface area (Å²) in [6, 6.07) is 13.8. The Balaban J connectivity index is 2.20. The number of hydrogen-bond acceptors (Lipinski definition) is 7. The highest BCUT2D eigenvalue weighted by Crippen LogP contribution is 2.36. The molecule has 0 unspecified atom stereocenters. The number of nitrogens with one attached hydrogen (secondary N) is 2. The number of methoxy groups -OCH3 is 1. The average Bonchev–Trinajstić information content (AvgIpc) is 2.90. The molecule has 0 aliphatic rings. The summed E-state index contributed by atoms with van der Waals surface area (Å²) in [7, 11) is 3.58. The number of carbonyl (C=O) groups excluding carboxylic acids is 1. The fraction of sp³-hybridized carbons (Fsp3) is 0.345. The van der Waals surface area contributed by atoms with Crippen LogP contribution in [0.3, 0.4) is 0 Å². The third-order valence-corrected chi connectivity index (χ3v) is 6.05. The first kappa shape index (κ1) is 29.6. The molecule has 1 heterocycles. The van der Waals surface area contributed by atoms with Crippen LogP contribution in [-0.4, -0.2) is 50.6 Å². The van der Waals surface area contributed by atoms with E-state index in [1.807, 2.05) is 50.1 Å². The lowest BCUT2D eigenvalue weighted by Crippen LogP contribution is -2.21. The molecule has 0 bridgehead atoms. The van der Waals surface area contributed by atoms with Crippen LogP contribution in [0.5, 0.6) is 0 Å². The van der Waals surface area contributed by atoms with Crippen LogP contribution in [-0.2, 0) is 15.7 Å². The number of ether oxygens (including phenoxy) is 2. The zero-order chi connectivity index (χ0) is 28.7. The molecular weight excluding hydrogens is 509 g/mol. The van der Waals surface area contributed by atoms with E-state index in [9.17, 15) is 18.0 Å². The molecule has 208 valence electrons. The molecule has 7 nitrogen and oxygen atoms in total. The largest absolute Gasteiger partial charge is 0.461 e. The van der Waals surface area contributed by atoms with Gasteiger partial charge in [-0.05, 0) is 60.4 Å². The summed E-state index contributed by atoms with van der Waals surface area (Å²) < 4.78 is 50.4. The van der Waals surface area contributed by atoms with E-state index in [-0.39, 0.29) is 35.4 Å². The number of aromatic nitrogens is 1. The topological polar surface area (TPSA) is 87.5 Å². The van der Waals surface area contributed by atoms with E-state index in [1.54, 1.807) is 20.1 Å². The van der Waals surface area contributed by atoms with Crippen LogP contribution >= 0.6 is 0 Å². The minimum atomic E-state index is -4.53. The van der Waals surface area contributed by atoms with Gasteiger partial charge >= 0.3 is 12.1 Å². The van der Waals surface area contributed by atoms with Crippen LogP contribution in [0.15, 0.2) is 54.6 Å². The van der Waals surface area contributed by atoms with E-state index in [0.29, 0.717) is 29.8 Å². The van der Waals surface area contributed by atoms with Gasteiger partial charge in [-0.15, -0.1) is 0 Å². The molecule has 1 aromatic heterocycles. The number of esters is 1. The van der Waals surface area contributed by atoms with Gasteiger partial charge in [0.25, 0.3) is 0 Å². The Bertz CT molecular complexity index is 1310. The zero-order valence-corrected chi connectivity index (χ0v) is 22.6. The van der Waals surface area contributed by atoms with Crippen molar-refractivity contribution in [2.45, 2.75) is 26.9 Å². The molecule has 2 N–H and O–H groups in total. The predicted octanol–water partition coefficient (Wildman–Crippen LogP) is 6.79. The lowest BCUT2D eigenvalue weighted by Gasteiger charge is -2.21. The number of nitrogens with zero attached hydrogens (tertiary/aromatic N) is 2. The first-order valence-electron chi connectivity index (χ1n) is 12.5. The summed E-state index contributed by atoms with van der Waals surface area (Å²) in [6.45, 7) is 6.72. The summed E-state index contributed by atoms with van der Waals surface area (Å²) in [4.78, 5) is 19.2. The molecule has 0 aliphatic carbocycles. The number of rotatable bonds is 11. The number of halogens is 3. The first-order valence-corrected chi connectivity index (χ1v) is 12.5. The van der Waals surface area contributed by atoms with Gasteiger partial charge in [0.2, 0.25) is 0 Å². The summed E-state index contributed by atoms with van der Waals surface area (Å²) in [5.74, 6) is -0.820. The third kappa shape index (κ3) is 7.35. The van der Waals surface area contributed by atoms with Gasteiger partial charge in [0, 0.05) is 43.4 Å². The summed E-state index contributed by atoms with van der Waals surface area (Å²) in [6.07, 6.45) is -4.53. The van der Waals surface area contributed by atoms with Crippen molar-refractivity contribution in [2.75, 3.05) is 44.1 Å². The Morgan fingerprint density at radius 1 is 1.13 bits per heavy atom. The maximum Gasteiger partial charge on any atom is 0.416 e. The van der Waals surface area contributed by atoms with Crippen molar-refractivity contribution in [1.29, 1.82) is 5.41 Å². The first-order chi connectivity index (χ1) is 18.5. The monoisotopic (exact) mass is 542 g/mol. The van der Waals surface area contributed by atoms with E-state index in [1.165, 1.54) is 12.1 Å². The second-order valence-corrected chi connectivity index (χ2v) is 9.23. The van der Waals surface area contributed by atoms with E-state index in [2.05, 4.69) is 10.3 Å². The summed E-state index contributed by atoms with van der Waals surface area (Å²) in [5, 5.41) is 11.8. The second kappa shape index (κ2) is 12.8. The number of hydrogen-bond donors (Lipinski definition) is 2. The molecule has 0 saturated heterocycles. The average molecular weight is 543 g/mol. The van der Waals surface area contributed by atoms with Crippen LogP contribution in [0.4, 0.5) is 30.4 Å². The molecule has 39 heavy (non-hydrogen) atoms. The van der Waals surface area contributed by atoms with Gasteiger partial charge in [-0.25, -0.2) is 9.78 Å². The highest BCUT2D eigenvalue weighted by atomic mass is 19.4. The molecule has 3 rings (SSSR count). The van der Waals surface area contributed by atoms with Gasteiger partial charge in [-0.3, -0.25) is 0 Å². The Kier molecular flexibility index (Phi) is 9.69. The number of pyridine rings is 1. The number of benzene rings is 2. The van der Waals surface area contributed by atoms with Crippen molar-refractivity contribution in [3.8, 4) is 11.1 Å². The van der Waals surface area contributed by atoms with E-state index >= 15 is 0 Å². The lowest BCUT2D eigenvalue weighted by molar-refractivity contribution is -0.137. The van der Waals surface area contributed by atoms with Crippen molar-refractivity contribution in [2.24, 2.45) is 5.92 Å². The van der Waals surface area contributed by atoms with Crippen LogP contribution in [0.1, 0.15) is 42.4 Å². The van der Waals surface area contributed by atoms with Crippen LogP contribution < -0.4 is 10.2 Å². The molecule has 0 radical (unpaired) electrons. The fourth-order valence-electron chi connectivity index (χ4n) is 3.90. The molecule has 0 spiro atoms. The molecule has 0 fully saturated rings. The number of alkyl halides is 3. The van der Waals surface area contributed by atoms with Crippen molar-refractivity contribution < 1.29 is 27.4 Å². The van der Waals surface area contributed by atoms with Gasteiger partial charge < -0.3 is 25.1 Å². The standard InChI is InChI=1S/C29H33F3N4O3/c1-6-39-28(37)24-17-23(19-10-12-22(13-11-19)36(4)14-15-38-5)25(26(33)18(2)3)27(35-24)34-21-9-7-8-20(16-21)29(30,31)32/h7-13,16-18,33H,6,14-15H2,1-5H3,(H,34,35). The maximum absolute atomic E-state index is 13.4. The van der Waals surface area contributed by atoms with Gasteiger partial charge in [-0.2, -0.15) is 13.2 Å². The normalized spacial score (nSPS) is 11.4. The minimum absolute atomic E-state index is 0.0251. The summed E-state index contributed by atoms with van der Waals surface area (Å²) in [5.41, 5.74) is 2.05. The Morgan fingerprint density at radius 2 is 1.82 bits per heavy atom. The minimum Gasteiger partial charge on any atom is -0.461 e. The van der Waals surface area contributed by atoms with Gasteiger partial charge in [0.05, 0.1) is 18.8 Å². The maximum atomic E-state index is 13.4. The van der Waals surface area contributed by atoms with Gasteiger partial charge in [0.15, 0.2) is 5.69 Å². The third-order valence-electron chi connectivity index (χ3n) is 6.05. The van der Waals surface area contributed by atoms with Crippen molar-refractivity contribution in [3.05, 3.63) is 71.4 Å². The van der Waals surface area contributed by atoms with E-state index < -0.39 is 17.7 Å². The predicted molar refractivity (Wildman–Crippen MR) is 147 cm³/mol. The zero-order valence-electron chi connectivity index (χ0n) is 22.6. The number of likely N-dealkylation sites (N-methyl/N-ethyl adjacent to an activating group) is 1. The van der Waals surface area contributed by atoms with Crippen LogP contribution in [0.25, 0.3) is 11.1 Å². The molecule has 0 atom stereocenters. The van der Waals surface area contributed by atoms with Gasteiger partial charge in [0.1, 0.15) is 5.82 Å². The van der Waals surface area contributed by atoms with Gasteiger partial charge in [-0.1, -0.05) is 32.0 Å². The highest BCUT2D eigenvalue weighted by molar-refractivity contribution is 6.10. The van der Waals surface area contributed by atoms with Crippen molar-refractivity contribution in [1.82, 2.24) is 4.98 Å². The van der Waals surface area contributed by atoms with Crippen molar-refractivity contribution >= 4 is 28.9 Å². The van der Waals surface area contributed by atoms with Crippen LogP contribution in [0, 0.1) is 11.3 Å². The second-order valence-electron chi connectivity index (χ2n) is 9.23.